The van der Waals surface area contributed by atoms with Crippen LogP contribution in [0.3, 0.4) is 0 Å². The van der Waals surface area contributed by atoms with E-state index in [-0.39, 0.29) is 95.7 Å². The van der Waals surface area contributed by atoms with Crippen LogP contribution in [0, 0.1) is 0 Å². The number of nitrogens with zero attached hydrogens (tertiary/aromatic N) is 4. The fourth-order valence-corrected chi connectivity index (χ4v) is 6.34. The van der Waals surface area contributed by atoms with Crippen molar-refractivity contribution in [2.24, 2.45) is 0 Å². The number of anilines is 2. The number of halogens is 6. The van der Waals surface area contributed by atoms with Crippen LogP contribution >= 0.6 is 62.3 Å². The quantitative estimate of drug-likeness (QED) is 0.0696. The van der Waals surface area contributed by atoms with Crippen LogP contribution in [0.25, 0.3) is 43.6 Å². The average molecular weight is 1400 g/mol. The van der Waals surface area contributed by atoms with E-state index in [1.54, 1.807) is 56.0 Å². The van der Waals surface area contributed by atoms with E-state index in [1.165, 1.54) is 0 Å². The second-order valence-electron chi connectivity index (χ2n) is 19.0. The summed E-state index contributed by atoms with van der Waals surface area (Å²) in [5.41, 5.74) is 17.4. The van der Waals surface area contributed by atoms with Crippen molar-refractivity contribution in [3.8, 4) is 17.2 Å². The van der Waals surface area contributed by atoms with Crippen LogP contribution in [-0.2, 0) is 75.6 Å². The van der Waals surface area contributed by atoms with E-state index in [0.717, 1.165) is 16.7 Å². The van der Waals surface area contributed by atoms with E-state index in [4.69, 9.17) is 77.1 Å². The summed E-state index contributed by atoms with van der Waals surface area (Å²) < 4.78 is 0. The standard InChI is InChI=1S/C36H36N4O2.C12H14O3.C6H8N2.C2H6O.Cl2.4ClH.4Co.2H2O/c1-35(2,3)27-15-23-19-37-29-11-7-9-13-31(29)39-21-25-17-28(36(4,5)6)18-26(34(25)42)22-40-32-14-10-8-12-30(32)38-20-24(16-27)33(23)41;1-12(2,3)10-4-8(6-13)11(15)9(5-10)7-14;7-5-3-1-2-4-6(5)8;1-2-3;1-2;;;;;;;;;;/h7-22,41-42H,1-6H3;4-7,15H,1-3H3;1-4H,7-8H2;3H,2H2,1H3;;4*1H;;;;;2*1H2/q;;;;;;;;;;;2*+2;;/p-4. The normalized spacial score (nSPS) is 10.0. The first-order chi connectivity index (χ1) is 35.8. The Morgan fingerprint density at radius 3 is 0.850 bits per heavy atom. The molecule has 0 saturated carbocycles. The first-order valence-corrected chi connectivity index (χ1v) is 29.6. The number of para-hydroxylation sites is 6. The molecular weight excluding hydrogens is 1330 g/mol. The minimum Gasteiger partial charge on any atom is 0 e. The maximum atomic E-state index is 11.3. The summed E-state index contributed by atoms with van der Waals surface area (Å²) in [7, 11) is 27.2. The van der Waals surface area contributed by atoms with Gasteiger partial charge in [0.15, 0.2) is 12.6 Å². The number of carbonyl (C=O) groups is 2. The van der Waals surface area contributed by atoms with Gasteiger partial charge in [-0.25, -0.2) is 0 Å². The SMILES string of the molecule is CC(C)(C)c1cc(C=O)c(O)c(C=O)c1.CC(C)(C)c1cc2cnc3ccccc3ncc3cc(C(C)(C)C)cc(cnc4ccccc4ncc(c1)c2O)c3O.CCO.ClCl.Nc1ccccc1N.O.O.[Cl][Co][Cl].[Cl][Co][Cl].[Co].[Co]. The van der Waals surface area contributed by atoms with Gasteiger partial charge < -0.3 is 42.8 Å². The van der Waals surface area contributed by atoms with Crippen LogP contribution in [0.2, 0.25) is 0 Å². The first kappa shape index (κ1) is 82.5. The van der Waals surface area contributed by atoms with Crippen molar-refractivity contribution in [1.29, 1.82) is 0 Å². The molecule has 4 bridgehead atoms. The number of fused-ring (bicyclic) bond motifs is 6. The van der Waals surface area contributed by atoms with Gasteiger partial charge in [-0.2, -0.15) is 0 Å². The third kappa shape index (κ3) is 27.8. The van der Waals surface area contributed by atoms with Gasteiger partial charge in [0.25, 0.3) is 0 Å². The molecule has 0 spiro atoms. The van der Waals surface area contributed by atoms with Crippen LogP contribution in [0.1, 0.15) is 107 Å². The third-order valence-corrected chi connectivity index (χ3v) is 10.5. The van der Waals surface area contributed by atoms with Crippen molar-refractivity contribution in [3.05, 3.63) is 162 Å². The van der Waals surface area contributed by atoms with Crippen LogP contribution in [0.5, 0.6) is 17.2 Å². The fraction of sp³-hybridized carbons (Fsp3) is 0.250. The number of hydrogen-bond acceptors (Lipinski definition) is 12. The summed E-state index contributed by atoms with van der Waals surface area (Å²) in [6.45, 7) is 20.6. The molecule has 0 atom stereocenters. The molecule has 80 heavy (non-hydrogen) atoms. The maximum Gasteiger partial charge on any atom is 0 e. The Morgan fingerprint density at radius 1 is 0.463 bits per heavy atom. The fourth-order valence-electron chi connectivity index (χ4n) is 6.34. The minimum absolute atomic E-state index is 0. The average Bonchev–Trinajstić information content (AvgIpc) is 3.37. The molecule has 6 aromatic carbocycles. The van der Waals surface area contributed by atoms with E-state index in [0.29, 0.717) is 93.3 Å². The molecule has 0 saturated heterocycles. The first-order valence-electron chi connectivity index (χ1n) is 22.7. The molecule has 0 amide bonds. The van der Waals surface area contributed by atoms with Gasteiger partial charge in [-0.3, -0.25) is 29.5 Å². The number of rotatable bonds is 2. The second-order valence-corrected chi connectivity index (χ2v) is 22.5. The number of phenols is 3. The van der Waals surface area contributed by atoms with Gasteiger partial charge in [0, 0.05) is 108 Å². The van der Waals surface area contributed by atoms with E-state index >= 15 is 0 Å². The summed E-state index contributed by atoms with van der Waals surface area (Å²) >= 11 is 0.764. The molecule has 14 nitrogen and oxygen atoms in total. The van der Waals surface area contributed by atoms with Crippen molar-refractivity contribution < 1.29 is 100 Å². The van der Waals surface area contributed by atoms with Gasteiger partial charge in [-0.05, 0) is 113 Å². The summed E-state index contributed by atoms with van der Waals surface area (Å²) in [5.74, 6) is -0.0608. The predicted molar refractivity (Wildman–Crippen MR) is 320 cm³/mol. The van der Waals surface area contributed by atoms with Gasteiger partial charge in [0.2, 0.25) is 0 Å². The molecule has 1 heterocycles. The number of carbonyl (C=O) groups excluding carboxylic acids is 2. The molecule has 0 aliphatic carbocycles. The number of nitrogens with two attached hydrogens (primary N) is 2. The zero-order chi connectivity index (χ0) is 57.8. The molecule has 2 radical (unpaired) electrons. The van der Waals surface area contributed by atoms with E-state index in [2.05, 4.69) is 63.3 Å². The molecular formula is C56H68Cl6Co4N6O8. The number of phenolic OH excluding ortho intramolecular Hbond substituents is 3. The molecule has 0 unspecified atom stereocenters. The molecule has 448 valence electrons. The van der Waals surface area contributed by atoms with Crippen LogP contribution in [0.15, 0.2) is 134 Å². The van der Waals surface area contributed by atoms with Crippen molar-refractivity contribution >= 4 is 130 Å². The predicted octanol–water partition coefficient (Wildman–Crippen LogP) is 14.3. The number of aliphatic hydroxyl groups excluding tert-OH is 1. The van der Waals surface area contributed by atoms with Crippen LogP contribution in [-0.4, -0.2) is 70.5 Å². The number of aromatic nitrogens is 4. The van der Waals surface area contributed by atoms with E-state index < -0.39 is 0 Å². The van der Waals surface area contributed by atoms with Gasteiger partial charge >= 0.3 is 66.4 Å². The molecule has 7 rings (SSSR count). The smallest absolute Gasteiger partial charge is 0 e. The zero-order valence-corrected chi connectivity index (χ0v) is 53.9. The van der Waals surface area contributed by atoms with Crippen molar-refractivity contribution in [1.82, 2.24) is 19.9 Å². The van der Waals surface area contributed by atoms with Crippen LogP contribution in [0.4, 0.5) is 11.4 Å². The molecule has 0 aliphatic rings. The molecule has 0 fully saturated rings. The second kappa shape index (κ2) is 41.9. The van der Waals surface area contributed by atoms with E-state index in [9.17, 15) is 24.9 Å². The van der Waals surface area contributed by atoms with Gasteiger partial charge in [-0.15, -0.1) is 0 Å². The largest absolute Gasteiger partial charge is 0 e. The summed E-state index contributed by atoms with van der Waals surface area (Å²) in [5, 5.41) is 41.9. The number of aldehydes is 2. The number of aliphatic hydroxyl groups is 1. The number of hydrogen-bond donors (Lipinski definition) is 6. The number of aromatic hydroxyl groups is 3. The van der Waals surface area contributed by atoms with Gasteiger partial charge in [-0.1, -0.05) is 98.7 Å². The Morgan fingerprint density at radius 2 is 0.662 bits per heavy atom. The number of benzene rings is 6. The number of nitrogen functional groups attached to an aromatic ring is 2. The van der Waals surface area contributed by atoms with E-state index in [1.807, 2.05) is 106 Å². The molecule has 0 aliphatic heterocycles. The molecule has 7 aromatic rings. The zero-order valence-electron chi connectivity index (χ0n) is 45.2. The molecule has 24 heteroatoms. The third-order valence-electron chi connectivity index (χ3n) is 10.5. The minimum atomic E-state index is -0.243. The Labute approximate surface area is 528 Å². The van der Waals surface area contributed by atoms with Crippen molar-refractivity contribution in [2.75, 3.05) is 18.1 Å². The molecule has 1 aromatic heterocycles. The Kier molecular flexibility index (Phi) is 43.2. The topological polar surface area (TPSA) is 282 Å². The summed E-state index contributed by atoms with van der Waals surface area (Å²) in [6, 6.07) is 33.3. The molecule has 12 N–H and O–H groups in total. The van der Waals surface area contributed by atoms with Gasteiger partial charge in [0.05, 0.1) is 44.6 Å². The monoisotopic (exact) mass is 1400 g/mol. The van der Waals surface area contributed by atoms with Crippen molar-refractivity contribution in [3.63, 3.8) is 0 Å². The van der Waals surface area contributed by atoms with Crippen molar-refractivity contribution in [2.45, 2.75) is 85.5 Å². The van der Waals surface area contributed by atoms with Gasteiger partial charge in [0.1, 0.15) is 17.2 Å². The Balaban J connectivity index is -0.000000624. The Hall–Kier alpha value is -4.01. The summed E-state index contributed by atoms with van der Waals surface area (Å²) in [4.78, 5) is 40.3. The van der Waals surface area contributed by atoms with Crippen LogP contribution < -0.4 is 11.5 Å². The maximum absolute atomic E-state index is 11.3. The summed E-state index contributed by atoms with van der Waals surface area (Å²) in [6.07, 6.45) is 7.75. The Bertz CT molecular complexity index is 2850.